The van der Waals surface area contributed by atoms with Gasteiger partial charge in [0.15, 0.2) is 5.78 Å². The SMILES string of the molecule is Cc1cccc(C(=O)c2c(NC(=O)NC3CCN(C(=O)OCc4ccccc4)C3)sc3c2ccc(=O)n3-c2ccccc2)c1. The maximum atomic E-state index is 13.9. The van der Waals surface area contributed by atoms with Crippen LogP contribution in [0.5, 0.6) is 0 Å². The number of urea groups is 1. The lowest BCUT2D eigenvalue weighted by Gasteiger charge is -2.17. The Kier molecular flexibility index (Phi) is 8.25. The number of carbonyl (C=O) groups is 3. The number of aromatic nitrogens is 1. The van der Waals surface area contributed by atoms with Crippen molar-refractivity contribution in [2.75, 3.05) is 18.4 Å². The largest absolute Gasteiger partial charge is 0.445 e. The number of fused-ring (bicyclic) bond motifs is 1. The Morgan fingerprint density at radius 1 is 0.932 bits per heavy atom. The van der Waals surface area contributed by atoms with Crippen LogP contribution in [0.3, 0.4) is 0 Å². The Balaban J connectivity index is 1.24. The van der Waals surface area contributed by atoms with E-state index in [1.54, 1.807) is 27.7 Å². The summed E-state index contributed by atoms with van der Waals surface area (Å²) in [5.41, 5.74) is 3.02. The second kappa shape index (κ2) is 12.6. The molecule has 1 saturated heterocycles. The first-order valence-electron chi connectivity index (χ1n) is 14.3. The van der Waals surface area contributed by atoms with E-state index in [4.69, 9.17) is 4.74 Å². The molecule has 1 fully saturated rings. The van der Waals surface area contributed by atoms with E-state index >= 15 is 0 Å². The van der Waals surface area contributed by atoms with E-state index in [2.05, 4.69) is 10.6 Å². The van der Waals surface area contributed by atoms with Crippen LogP contribution in [0.4, 0.5) is 14.6 Å². The predicted octanol–water partition coefficient (Wildman–Crippen LogP) is 6.12. The highest BCUT2D eigenvalue weighted by Gasteiger charge is 2.30. The number of ketones is 1. The van der Waals surface area contributed by atoms with Crippen molar-refractivity contribution in [1.29, 1.82) is 0 Å². The standard InChI is InChI=1S/C34H30N4O5S/c1-22-9-8-12-24(19-22)30(40)29-27-15-16-28(39)38(26-13-6-3-7-14-26)32(27)44-31(29)36-33(41)35-25-17-18-37(20-25)34(42)43-21-23-10-4-2-5-11-23/h2-16,19,25H,17-18,20-21H2,1H3,(H2,35,36,41). The van der Waals surface area contributed by atoms with Crippen molar-refractivity contribution in [1.82, 2.24) is 14.8 Å². The van der Waals surface area contributed by atoms with Crippen LogP contribution in [0.1, 0.15) is 33.5 Å². The Morgan fingerprint density at radius 2 is 1.68 bits per heavy atom. The summed E-state index contributed by atoms with van der Waals surface area (Å²) in [7, 11) is 0. The molecule has 0 saturated carbocycles. The number of thiophene rings is 1. The van der Waals surface area contributed by atoms with Gasteiger partial charge in [-0.3, -0.25) is 19.5 Å². The van der Waals surface area contributed by atoms with Gasteiger partial charge in [-0.25, -0.2) is 9.59 Å². The van der Waals surface area contributed by atoms with Gasteiger partial charge in [-0.05, 0) is 43.2 Å². The molecule has 1 aliphatic heterocycles. The molecular formula is C34H30N4O5S. The van der Waals surface area contributed by atoms with Crippen LogP contribution < -0.4 is 16.2 Å². The molecule has 3 amide bonds. The van der Waals surface area contributed by atoms with Gasteiger partial charge in [-0.1, -0.05) is 83.6 Å². The summed E-state index contributed by atoms with van der Waals surface area (Å²) in [4.78, 5) is 55.0. The van der Waals surface area contributed by atoms with Crippen molar-refractivity contribution < 1.29 is 19.1 Å². The topological polar surface area (TPSA) is 110 Å². The quantitative estimate of drug-likeness (QED) is 0.217. The van der Waals surface area contributed by atoms with Gasteiger partial charge in [0, 0.05) is 36.1 Å². The molecule has 1 atom stereocenters. The number of carbonyl (C=O) groups excluding carboxylic acids is 3. The van der Waals surface area contributed by atoms with Gasteiger partial charge in [0.2, 0.25) is 0 Å². The number of anilines is 1. The molecule has 2 aromatic heterocycles. The van der Waals surface area contributed by atoms with Crippen LogP contribution in [0.25, 0.3) is 15.9 Å². The number of hydrogen-bond donors (Lipinski definition) is 2. The zero-order valence-corrected chi connectivity index (χ0v) is 24.8. The van der Waals surface area contributed by atoms with E-state index in [9.17, 15) is 19.2 Å². The summed E-state index contributed by atoms with van der Waals surface area (Å²) in [6.45, 7) is 2.83. The molecule has 0 radical (unpaired) electrons. The minimum absolute atomic E-state index is 0.173. The van der Waals surface area contributed by atoms with Crippen LogP contribution in [0.15, 0.2) is 102 Å². The number of likely N-dealkylation sites (tertiary alicyclic amines) is 1. The summed E-state index contributed by atoms with van der Waals surface area (Å²) in [6, 6.07) is 28.1. The van der Waals surface area contributed by atoms with E-state index < -0.39 is 12.1 Å². The summed E-state index contributed by atoms with van der Waals surface area (Å²) < 4.78 is 6.99. The fraction of sp³-hybridized carbons (Fsp3) is 0.176. The number of nitrogens with zero attached hydrogens (tertiary/aromatic N) is 2. The first-order chi connectivity index (χ1) is 21.4. The molecule has 222 valence electrons. The number of benzene rings is 3. The van der Waals surface area contributed by atoms with Gasteiger partial charge in [-0.2, -0.15) is 0 Å². The van der Waals surface area contributed by atoms with Crippen molar-refractivity contribution in [2.45, 2.75) is 26.0 Å². The minimum Gasteiger partial charge on any atom is -0.445 e. The third-order valence-corrected chi connectivity index (χ3v) is 8.58. The van der Waals surface area contributed by atoms with Gasteiger partial charge in [0.05, 0.1) is 11.3 Å². The molecule has 0 bridgehead atoms. The monoisotopic (exact) mass is 606 g/mol. The molecule has 3 aromatic carbocycles. The van der Waals surface area contributed by atoms with E-state index in [-0.39, 0.29) is 24.0 Å². The summed E-state index contributed by atoms with van der Waals surface area (Å²) >= 11 is 1.17. The number of rotatable bonds is 7. The highest BCUT2D eigenvalue weighted by molar-refractivity contribution is 7.23. The van der Waals surface area contributed by atoms with Crippen LogP contribution in [-0.2, 0) is 11.3 Å². The number of aryl methyl sites for hydroxylation is 1. The fourth-order valence-electron chi connectivity index (χ4n) is 5.33. The van der Waals surface area contributed by atoms with Crippen LogP contribution in [0.2, 0.25) is 0 Å². The zero-order valence-electron chi connectivity index (χ0n) is 24.0. The molecule has 44 heavy (non-hydrogen) atoms. The van der Waals surface area contributed by atoms with Crippen molar-refractivity contribution >= 4 is 44.5 Å². The molecule has 0 aliphatic carbocycles. The van der Waals surface area contributed by atoms with Crippen molar-refractivity contribution in [2.24, 2.45) is 0 Å². The molecule has 10 heteroatoms. The van der Waals surface area contributed by atoms with Crippen molar-refractivity contribution in [3.63, 3.8) is 0 Å². The first-order valence-corrected chi connectivity index (χ1v) is 15.1. The highest BCUT2D eigenvalue weighted by Crippen LogP contribution is 2.37. The minimum atomic E-state index is -0.507. The molecule has 1 aliphatic rings. The van der Waals surface area contributed by atoms with Crippen LogP contribution in [-0.4, -0.2) is 46.5 Å². The zero-order chi connectivity index (χ0) is 30.6. The molecular weight excluding hydrogens is 576 g/mol. The number of amides is 3. The molecule has 0 spiro atoms. The Morgan fingerprint density at radius 3 is 2.43 bits per heavy atom. The van der Waals surface area contributed by atoms with Gasteiger partial charge < -0.3 is 15.0 Å². The lowest BCUT2D eigenvalue weighted by molar-refractivity contribution is 0.103. The van der Waals surface area contributed by atoms with E-state index in [0.29, 0.717) is 51.5 Å². The van der Waals surface area contributed by atoms with Crippen molar-refractivity contribution in [3.05, 3.63) is 130 Å². The third kappa shape index (κ3) is 6.11. The normalized spacial score (nSPS) is 14.4. The molecule has 6 rings (SSSR count). The van der Waals surface area contributed by atoms with Gasteiger partial charge in [0.1, 0.15) is 16.4 Å². The van der Waals surface area contributed by atoms with Gasteiger partial charge in [-0.15, -0.1) is 0 Å². The molecule has 1 unspecified atom stereocenters. The van der Waals surface area contributed by atoms with E-state index in [1.165, 1.54) is 17.4 Å². The van der Waals surface area contributed by atoms with E-state index in [0.717, 1.165) is 11.1 Å². The smallest absolute Gasteiger partial charge is 0.410 e. The Hall–Kier alpha value is -5.22. The molecule has 5 aromatic rings. The summed E-state index contributed by atoms with van der Waals surface area (Å²) in [5.74, 6) is -0.262. The predicted molar refractivity (Wildman–Crippen MR) is 171 cm³/mol. The summed E-state index contributed by atoms with van der Waals surface area (Å²) in [5, 5.41) is 6.70. The molecule has 9 nitrogen and oxygen atoms in total. The van der Waals surface area contributed by atoms with Gasteiger partial charge >= 0.3 is 12.1 Å². The second-order valence-corrected chi connectivity index (χ2v) is 11.6. The molecule has 3 heterocycles. The number of hydrogen-bond acceptors (Lipinski definition) is 6. The lowest BCUT2D eigenvalue weighted by Crippen LogP contribution is -2.40. The first kappa shape index (κ1) is 28.9. The molecule has 2 N–H and O–H groups in total. The van der Waals surface area contributed by atoms with Crippen molar-refractivity contribution in [3.8, 4) is 5.69 Å². The highest BCUT2D eigenvalue weighted by atomic mass is 32.1. The van der Waals surface area contributed by atoms with Crippen LogP contribution >= 0.6 is 11.3 Å². The maximum absolute atomic E-state index is 13.9. The fourth-order valence-corrected chi connectivity index (χ4v) is 6.54. The van der Waals surface area contributed by atoms with E-state index in [1.807, 2.05) is 79.7 Å². The van der Waals surface area contributed by atoms with Crippen LogP contribution in [0, 0.1) is 6.92 Å². The van der Waals surface area contributed by atoms with Gasteiger partial charge in [0.25, 0.3) is 5.56 Å². The maximum Gasteiger partial charge on any atom is 0.410 e. The number of para-hydroxylation sites is 1. The average Bonchev–Trinajstić information content (AvgIpc) is 3.64. The third-order valence-electron chi connectivity index (χ3n) is 7.48. The second-order valence-electron chi connectivity index (χ2n) is 10.6. The Bertz CT molecular complexity index is 1900. The lowest BCUT2D eigenvalue weighted by atomic mass is 10.0. The number of pyridine rings is 1. The number of nitrogens with one attached hydrogen (secondary N) is 2. The summed E-state index contributed by atoms with van der Waals surface area (Å²) in [6.07, 6.45) is 0.121. The Labute approximate surface area is 257 Å². The average molecular weight is 607 g/mol. The number of ether oxygens (including phenoxy) is 1.